The Morgan fingerprint density at radius 3 is 2.67 bits per heavy atom. The summed E-state index contributed by atoms with van der Waals surface area (Å²) in [5, 5.41) is 1.48. The molecular weight excluding hydrogens is 304 g/mol. The number of thiocarbonyl (C=S) groups is 1. The fraction of sp³-hybridized carbons (Fsp3) is 0. The van der Waals surface area contributed by atoms with E-state index in [1.807, 2.05) is 30.3 Å². The molecule has 0 aliphatic carbocycles. The third kappa shape index (κ3) is 2.96. The maximum absolute atomic E-state index is 6.12. The van der Waals surface area contributed by atoms with Gasteiger partial charge in [0, 0.05) is 17.0 Å². The zero-order valence-electron chi connectivity index (χ0n) is 10.9. The Bertz CT molecular complexity index is 835. The van der Waals surface area contributed by atoms with Gasteiger partial charge in [-0.2, -0.15) is 0 Å². The Labute approximate surface area is 132 Å². The number of pyridine rings is 1. The first-order chi connectivity index (χ1) is 10.1. The van der Waals surface area contributed by atoms with E-state index in [2.05, 4.69) is 4.98 Å². The Kier molecular flexibility index (Phi) is 3.73. The van der Waals surface area contributed by atoms with Gasteiger partial charge >= 0.3 is 0 Å². The normalized spacial score (nSPS) is 10.5. The number of nitrogens with two attached hydrogens (primary N) is 1. The van der Waals surface area contributed by atoms with Crippen LogP contribution >= 0.6 is 23.8 Å². The first-order valence-corrected chi connectivity index (χ1v) is 7.04. The molecule has 2 N–H and O–H groups in total. The number of hydrogen-bond donors (Lipinski definition) is 1. The molecule has 3 rings (SSSR count). The van der Waals surface area contributed by atoms with Crippen molar-refractivity contribution >= 4 is 39.7 Å². The smallest absolute Gasteiger partial charge is 0.146 e. The van der Waals surface area contributed by atoms with Gasteiger partial charge in [-0.15, -0.1) is 0 Å². The molecule has 0 aliphatic heterocycles. The van der Waals surface area contributed by atoms with Gasteiger partial charge in [0.15, 0.2) is 0 Å². The van der Waals surface area contributed by atoms with E-state index in [-0.39, 0.29) is 4.99 Å². The summed E-state index contributed by atoms with van der Waals surface area (Å²) >= 11 is 11.0. The number of benzene rings is 2. The van der Waals surface area contributed by atoms with E-state index in [0.717, 1.165) is 10.9 Å². The second kappa shape index (κ2) is 5.68. The Morgan fingerprint density at radius 1 is 1.10 bits per heavy atom. The summed E-state index contributed by atoms with van der Waals surface area (Å²) in [4.78, 5) is 4.61. The minimum absolute atomic E-state index is 0.263. The summed E-state index contributed by atoms with van der Waals surface area (Å²) in [5.74, 6) is 1.25. The maximum atomic E-state index is 6.12. The lowest BCUT2D eigenvalue weighted by Crippen LogP contribution is -2.09. The molecule has 104 valence electrons. The van der Waals surface area contributed by atoms with Crippen molar-refractivity contribution < 1.29 is 4.74 Å². The highest BCUT2D eigenvalue weighted by Gasteiger charge is 2.06. The molecule has 0 fully saturated rings. The maximum Gasteiger partial charge on any atom is 0.146 e. The number of aromatic nitrogens is 1. The Balaban J connectivity index is 1.91. The van der Waals surface area contributed by atoms with Crippen molar-refractivity contribution in [1.82, 2.24) is 4.98 Å². The summed E-state index contributed by atoms with van der Waals surface area (Å²) in [5.41, 5.74) is 7.13. The monoisotopic (exact) mass is 314 g/mol. The third-order valence-corrected chi connectivity index (χ3v) is 3.54. The van der Waals surface area contributed by atoms with Gasteiger partial charge in [-0.3, -0.25) is 4.98 Å². The predicted octanol–water partition coefficient (Wildman–Crippen LogP) is 4.31. The molecule has 1 heterocycles. The molecule has 0 aliphatic rings. The molecule has 1 aromatic heterocycles. The van der Waals surface area contributed by atoms with Crippen LogP contribution in [0.5, 0.6) is 11.5 Å². The van der Waals surface area contributed by atoms with Gasteiger partial charge < -0.3 is 10.5 Å². The van der Waals surface area contributed by atoms with Crippen LogP contribution in [0.25, 0.3) is 10.9 Å². The molecule has 5 heteroatoms. The molecule has 3 aromatic rings. The van der Waals surface area contributed by atoms with Gasteiger partial charge in [0.25, 0.3) is 0 Å². The molecule has 0 amide bonds. The second-order valence-electron chi connectivity index (χ2n) is 4.47. The highest BCUT2D eigenvalue weighted by Crippen LogP contribution is 2.28. The average Bonchev–Trinajstić information content (AvgIpc) is 2.47. The lowest BCUT2D eigenvalue weighted by molar-refractivity contribution is 0.481. The van der Waals surface area contributed by atoms with Gasteiger partial charge in [0.1, 0.15) is 16.5 Å². The molecule has 3 nitrogen and oxygen atoms in total. The first kappa shape index (κ1) is 13.8. The molecule has 0 bridgehead atoms. The molecule has 21 heavy (non-hydrogen) atoms. The van der Waals surface area contributed by atoms with Gasteiger partial charge in [-0.1, -0.05) is 42.0 Å². The van der Waals surface area contributed by atoms with Crippen LogP contribution in [-0.4, -0.2) is 9.97 Å². The summed E-state index contributed by atoms with van der Waals surface area (Å²) in [6.07, 6.45) is 1.68. The number of hydrogen-bond acceptors (Lipinski definition) is 3. The number of rotatable bonds is 3. The van der Waals surface area contributed by atoms with Crippen LogP contribution in [0.3, 0.4) is 0 Å². The zero-order valence-corrected chi connectivity index (χ0v) is 12.5. The predicted molar refractivity (Wildman–Crippen MR) is 89.2 cm³/mol. The van der Waals surface area contributed by atoms with Crippen molar-refractivity contribution in [2.24, 2.45) is 5.73 Å². The van der Waals surface area contributed by atoms with Gasteiger partial charge in [0.2, 0.25) is 0 Å². The molecule has 0 saturated carbocycles. The van der Waals surface area contributed by atoms with E-state index in [0.29, 0.717) is 22.1 Å². The van der Waals surface area contributed by atoms with Gasteiger partial charge in [-0.05, 0) is 24.3 Å². The van der Waals surface area contributed by atoms with E-state index in [4.69, 9.17) is 34.3 Å². The molecule has 0 saturated heterocycles. The number of halogens is 1. The number of para-hydroxylation sites is 1. The van der Waals surface area contributed by atoms with Crippen LogP contribution in [0.1, 0.15) is 5.56 Å². The zero-order chi connectivity index (χ0) is 14.8. The number of nitrogens with zero attached hydrogens (tertiary/aromatic N) is 1. The van der Waals surface area contributed by atoms with Crippen LogP contribution in [0.4, 0.5) is 0 Å². The largest absolute Gasteiger partial charge is 0.456 e. The van der Waals surface area contributed by atoms with Crippen LogP contribution in [-0.2, 0) is 0 Å². The fourth-order valence-electron chi connectivity index (χ4n) is 2.00. The summed E-state index contributed by atoms with van der Waals surface area (Å²) < 4.78 is 5.77. The highest BCUT2D eigenvalue weighted by molar-refractivity contribution is 7.80. The molecule has 0 atom stereocenters. The molecule has 0 spiro atoms. The lowest BCUT2D eigenvalue weighted by Gasteiger charge is -2.08. The SMILES string of the molecule is NC(=S)c1ccc(Oc2cnc3ccccc3c2)cc1Cl. The first-order valence-electron chi connectivity index (χ1n) is 6.25. The van der Waals surface area contributed by atoms with Gasteiger partial charge in [-0.25, -0.2) is 0 Å². The van der Waals surface area contributed by atoms with Crippen molar-refractivity contribution in [1.29, 1.82) is 0 Å². The fourth-order valence-corrected chi connectivity index (χ4v) is 2.51. The van der Waals surface area contributed by atoms with Crippen molar-refractivity contribution in [2.45, 2.75) is 0 Å². The van der Waals surface area contributed by atoms with E-state index in [1.54, 1.807) is 24.4 Å². The lowest BCUT2D eigenvalue weighted by atomic mass is 10.2. The summed E-state index contributed by atoms with van der Waals surface area (Å²) in [6.45, 7) is 0. The summed E-state index contributed by atoms with van der Waals surface area (Å²) in [7, 11) is 0. The minimum Gasteiger partial charge on any atom is -0.456 e. The van der Waals surface area contributed by atoms with Crippen LogP contribution < -0.4 is 10.5 Å². The Morgan fingerprint density at radius 2 is 1.90 bits per heavy atom. The van der Waals surface area contributed by atoms with E-state index in [1.165, 1.54) is 0 Å². The molecule has 0 unspecified atom stereocenters. The van der Waals surface area contributed by atoms with Gasteiger partial charge in [0.05, 0.1) is 16.7 Å². The third-order valence-electron chi connectivity index (χ3n) is 3.01. The van der Waals surface area contributed by atoms with Crippen LogP contribution in [0, 0.1) is 0 Å². The summed E-state index contributed by atoms with van der Waals surface area (Å²) in [6, 6.07) is 15.0. The topological polar surface area (TPSA) is 48.1 Å². The number of fused-ring (bicyclic) bond motifs is 1. The van der Waals surface area contributed by atoms with Crippen molar-refractivity contribution in [3.05, 3.63) is 65.3 Å². The van der Waals surface area contributed by atoms with Crippen molar-refractivity contribution in [3.63, 3.8) is 0 Å². The standard InChI is InChI=1S/C16H11ClN2OS/c17-14-8-11(5-6-13(14)16(18)21)20-12-7-10-3-1-2-4-15(10)19-9-12/h1-9H,(H2,18,21). The Hall–Kier alpha value is -2.17. The van der Waals surface area contributed by atoms with Crippen molar-refractivity contribution in [2.75, 3.05) is 0 Å². The highest BCUT2D eigenvalue weighted by atomic mass is 35.5. The van der Waals surface area contributed by atoms with E-state index in [9.17, 15) is 0 Å². The molecule has 0 radical (unpaired) electrons. The van der Waals surface area contributed by atoms with E-state index < -0.39 is 0 Å². The molecule has 2 aromatic carbocycles. The quantitative estimate of drug-likeness (QED) is 0.732. The van der Waals surface area contributed by atoms with Crippen molar-refractivity contribution in [3.8, 4) is 11.5 Å². The second-order valence-corrected chi connectivity index (χ2v) is 5.32. The van der Waals surface area contributed by atoms with E-state index >= 15 is 0 Å². The molecular formula is C16H11ClN2OS. The average molecular weight is 315 g/mol. The van der Waals surface area contributed by atoms with Crippen LogP contribution in [0.15, 0.2) is 54.7 Å². The van der Waals surface area contributed by atoms with Crippen LogP contribution in [0.2, 0.25) is 5.02 Å². The number of ether oxygens (including phenoxy) is 1. The minimum atomic E-state index is 0.263.